The van der Waals surface area contributed by atoms with Crippen molar-refractivity contribution in [3.8, 4) is 5.75 Å². The predicted octanol–water partition coefficient (Wildman–Crippen LogP) is 5.50. The van der Waals surface area contributed by atoms with Crippen molar-refractivity contribution in [1.29, 1.82) is 0 Å². The fourth-order valence-electron chi connectivity index (χ4n) is 4.05. The Morgan fingerprint density at radius 2 is 1.41 bits per heavy atom. The zero-order valence-corrected chi connectivity index (χ0v) is 16.2. The van der Waals surface area contributed by atoms with E-state index in [-0.39, 0.29) is 0 Å². The van der Waals surface area contributed by atoms with Gasteiger partial charge in [-0.1, -0.05) is 48.5 Å². The number of benzene rings is 3. The highest BCUT2D eigenvalue weighted by Crippen LogP contribution is 2.26. The van der Waals surface area contributed by atoms with E-state index in [0.717, 1.165) is 37.8 Å². The lowest BCUT2D eigenvalue weighted by molar-refractivity contribution is 0.467. The van der Waals surface area contributed by atoms with E-state index in [1.165, 1.54) is 39.1 Å². The smallest absolute Gasteiger partial charge is 0.119 e. The molecule has 0 atom stereocenters. The Bertz CT molecular complexity index is 954. The minimum absolute atomic E-state index is 0.442. The van der Waals surface area contributed by atoms with Gasteiger partial charge in [-0.15, -0.1) is 0 Å². The highest BCUT2D eigenvalue weighted by molar-refractivity contribution is 5.57. The molecule has 2 nitrogen and oxygen atoms in total. The van der Waals surface area contributed by atoms with E-state index in [9.17, 15) is 5.11 Å². The molecule has 0 saturated carbocycles. The van der Waals surface area contributed by atoms with Gasteiger partial charge in [0.25, 0.3) is 0 Å². The summed E-state index contributed by atoms with van der Waals surface area (Å²) in [5.41, 5.74) is 10.1. The van der Waals surface area contributed by atoms with Crippen molar-refractivity contribution in [1.82, 2.24) is 0 Å². The fraction of sp³-hybridized carbons (Fsp3) is 0.280. The van der Waals surface area contributed by atoms with Gasteiger partial charge in [0.15, 0.2) is 0 Å². The molecule has 138 valence electrons. The molecule has 0 spiro atoms. The lowest BCUT2D eigenvalue weighted by atomic mass is 9.93. The maximum atomic E-state index is 10.3. The van der Waals surface area contributed by atoms with Crippen molar-refractivity contribution in [3.05, 3.63) is 93.5 Å². The molecule has 0 fully saturated rings. The minimum Gasteiger partial charge on any atom is -0.508 e. The van der Waals surface area contributed by atoms with Gasteiger partial charge < -0.3 is 10.4 Å². The molecule has 4 aliphatic rings. The second-order valence-electron chi connectivity index (χ2n) is 7.69. The molecule has 0 aliphatic heterocycles. The normalized spacial score (nSPS) is 13.3. The second kappa shape index (κ2) is 7.48. The lowest BCUT2D eigenvalue weighted by Crippen LogP contribution is -2.08. The van der Waals surface area contributed by atoms with Crippen molar-refractivity contribution in [3.63, 3.8) is 0 Å². The summed E-state index contributed by atoms with van der Waals surface area (Å²) in [6.45, 7) is 5.15. The number of aromatic hydroxyl groups is 1. The van der Waals surface area contributed by atoms with Gasteiger partial charge in [0.1, 0.15) is 5.75 Å². The average molecular weight is 357 g/mol. The number of aryl methyl sites for hydroxylation is 6. The zero-order valence-electron chi connectivity index (χ0n) is 16.2. The Hall–Kier alpha value is -2.74. The number of para-hydroxylation sites is 1. The number of phenols is 1. The summed E-state index contributed by atoms with van der Waals surface area (Å²) in [4.78, 5) is 0. The quantitative estimate of drug-likeness (QED) is 0.648. The van der Waals surface area contributed by atoms with Crippen LogP contribution < -0.4 is 5.32 Å². The van der Waals surface area contributed by atoms with Crippen LogP contribution >= 0.6 is 0 Å². The first-order valence-corrected chi connectivity index (χ1v) is 9.82. The minimum atomic E-state index is 0.442. The molecule has 3 aromatic rings. The van der Waals surface area contributed by atoms with Crippen LogP contribution in [0.1, 0.15) is 38.9 Å². The number of hydrogen-bond donors (Lipinski definition) is 2. The number of anilines is 1. The van der Waals surface area contributed by atoms with Crippen molar-refractivity contribution in [2.75, 3.05) is 5.32 Å². The van der Waals surface area contributed by atoms with Crippen LogP contribution in [-0.2, 0) is 32.2 Å². The van der Waals surface area contributed by atoms with Crippen LogP contribution in [0.2, 0.25) is 0 Å². The summed E-state index contributed by atoms with van der Waals surface area (Å²) in [5.74, 6) is 0.442. The highest BCUT2D eigenvalue weighted by atomic mass is 16.3. The SMILES string of the molecule is Cc1cccc(C)c1NCc1cc2ccc1CCc1ccc(cc1O)CC2. The second-order valence-corrected chi connectivity index (χ2v) is 7.69. The Balaban J connectivity index is 1.62. The molecular weight excluding hydrogens is 330 g/mol. The van der Waals surface area contributed by atoms with Gasteiger partial charge in [-0.2, -0.15) is 0 Å². The molecule has 0 saturated heterocycles. The average Bonchev–Trinajstić information content (AvgIpc) is 2.64. The number of nitrogens with one attached hydrogen (secondary N) is 1. The van der Waals surface area contributed by atoms with E-state index in [0.29, 0.717) is 5.75 Å². The Kier molecular flexibility index (Phi) is 4.89. The predicted molar refractivity (Wildman–Crippen MR) is 113 cm³/mol. The van der Waals surface area contributed by atoms with Crippen molar-refractivity contribution in [2.24, 2.45) is 0 Å². The molecule has 7 rings (SSSR count). The summed E-state index contributed by atoms with van der Waals surface area (Å²) in [6.07, 6.45) is 3.76. The van der Waals surface area contributed by atoms with Crippen LogP contribution in [0.15, 0.2) is 54.6 Å². The third kappa shape index (κ3) is 3.85. The molecule has 27 heavy (non-hydrogen) atoms. The molecule has 2 heteroatoms. The van der Waals surface area contributed by atoms with Crippen LogP contribution in [0.4, 0.5) is 5.69 Å². The first-order valence-electron chi connectivity index (χ1n) is 9.82. The molecule has 2 N–H and O–H groups in total. The molecule has 3 aromatic carbocycles. The summed E-state index contributed by atoms with van der Waals surface area (Å²) in [5, 5.41) is 14.0. The maximum Gasteiger partial charge on any atom is 0.119 e. The Morgan fingerprint density at radius 3 is 2.11 bits per heavy atom. The summed E-state index contributed by atoms with van der Waals surface area (Å²) in [6, 6.07) is 19.5. The lowest BCUT2D eigenvalue weighted by Gasteiger charge is -2.18. The van der Waals surface area contributed by atoms with Crippen LogP contribution in [0.5, 0.6) is 5.75 Å². The van der Waals surface area contributed by atoms with Gasteiger partial charge >= 0.3 is 0 Å². The highest BCUT2D eigenvalue weighted by Gasteiger charge is 2.11. The molecule has 0 heterocycles. The van der Waals surface area contributed by atoms with E-state index in [4.69, 9.17) is 0 Å². The van der Waals surface area contributed by atoms with Crippen LogP contribution in [0.25, 0.3) is 0 Å². The van der Waals surface area contributed by atoms with E-state index >= 15 is 0 Å². The van der Waals surface area contributed by atoms with Crippen molar-refractivity contribution in [2.45, 2.75) is 46.1 Å². The third-order valence-electron chi connectivity index (χ3n) is 5.72. The molecule has 0 amide bonds. The maximum absolute atomic E-state index is 10.3. The summed E-state index contributed by atoms with van der Waals surface area (Å²) in [7, 11) is 0. The van der Waals surface area contributed by atoms with Gasteiger partial charge in [-0.25, -0.2) is 0 Å². The van der Waals surface area contributed by atoms with Crippen molar-refractivity contribution < 1.29 is 5.11 Å². The van der Waals surface area contributed by atoms with E-state index in [1.54, 1.807) is 0 Å². The molecule has 0 unspecified atom stereocenters. The summed E-state index contributed by atoms with van der Waals surface area (Å²) < 4.78 is 0. The standard InChI is InChI=1S/C25H27NO/c1-17-4-3-5-18(2)25(17)26-16-23-14-19-6-7-20-9-11-22(24(27)15-20)13-12-21(23)10-8-19/h3-5,8-11,14-15,26-27H,6-7,12-13,16H2,1-2H3. The molecule has 0 radical (unpaired) electrons. The van der Waals surface area contributed by atoms with Crippen LogP contribution in [0, 0.1) is 13.8 Å². The Labute approximate surface area is 161 Å². The van der Waals surface area contributed by atoms with Gasteiger partial charge in [0.05, 0.1) is 0 Å². The van der Waals surface area contributed by atoms with Gasteiger partial charge in [-0.3, -0.25) is 0 Å². The van der Waals surface area contributed by atoms with Gasteiger partial charge in [0, 0.05) is 12.2 Å². The monoisotopic (exact) mass is 357 g/mol. The van der Waals surface area contributed by atoms with E-state index < -0.39 is 0 Å². The number of hydrogen-bond acceptors (Lipinski definition) is 2. The third-order valence-corrected chi connectivity index (χ3v) is 5.72. The number of rotatable bonds is 3. The van der Waals surface area contributed by atoms with Gasteiger partial charge in [0.2, 0.25) is 0 Å². The first kappa shape index (κ1) is 17.7. The number of phenolic OH excluding ortho intramolecular Hbond substituents is 1. The summed E-state index contributed by atoms with van der Waals surface area (Å²) >= 11 is 0. The van der Waals surface area contributed by atoms with E-state index in [1.807, 2.05) is 6.07 Å². The molecular formula is C25H27NO. The molecule has 4 bridgehead atoms. The Morgan fingerprint density at radius 1 is 0.778 bits per heavy atom. The van der Waals surface area contributed by atoms with Crippen LogP contribution in [0.3, 0.4) is 0 Å². The zero-order chi connectivity index (χ0) is 18.8. The van der Waals surface area contributed by atoms with E-state index in [2.05, 4.69) is 67.7 Å². The first-order chi connectivity index (χ1) is 13.1. The molecule has 4 aliphatic carbocycles. The van der Waals surface area contributed by atoms with Crippen LogP contribution in [-0.4, -0.2) is 5.11 Å². The van der Waals surface area contributed by atoms with Crippen molar-refractivity contribution >= 4 is 5.69 Å². The fourth-order valence-corrected chi connectivity index (χ4v) is 4.05. The topological polar surface area (TPSA) is 32.3 Å². The van der Waals surface area contributed by atoms with Gasteiger partial charge in [-0.05, 0) is 84.5 Å². The molecule has 0 aromatic heterocycles. The largest absolute Gasteiger partial charge is 0.508 e.